The Bertz CT molecular complexity index is 782. The van der Waals surface area contributed by atoms with Crippen LogP contribution in [-0.2, 0) is 22.3 Å². The molecular formula is C26H40N2O4. The van der Waals surface area contributed by atoms with Gasteiger partial charge in [-0.25, -0.2) is 0 Å². The molecule has 0 heterocycles. The van der Waals surface area contributed by atoms with E-state index in [0.717, 1.165) is 67.8 Å². The highest BCUT2D eigenvalue weighted by Crippen LogP contribution is 2.40. The van der Waals surface area contributed by atoms with Crippen molar-refractivity contribution in [1.82, 2.24) is 0 Å². The van der Waals surface area contributed by atoms with Gasteiger partial charge in [0.05, 0.1) is 13.2 Å². The highest BCUT2D eigenvalue weighted by molar-refractivity contribution is 5.79. The number of hydrogen-bond acceptors (Lipinski definition) is 6. The van der Waals surface area contributed by atoms with Crippen molar-refractivity contribution in [2.75, 3.05) is 53.7 Å². The molecule has 178 valence electrons. The topological polar surface area (TPSA) is 89.0 Å². The van der Waals surface area contributed by atoms with E-state index in [4.69, 9.17) is 30.4 Å². The molecule has 0 unspecified atom stereocenters. The average Bonchev–Trinajstić information content (AvgIpc) is 2.82. The van der Waals surface area contributed by atoms with E-state index >= 15 is 0 Å². The summed E-state index contributed by atoms with van der Waals surface area (Å²) in [4.78, 5) is 0. The minimum atomic E-state index is 0.492. The van der Waals surface area contributed by atoms with Crippen molar-refractivity contribution in [3.63, 3.8) is 0 Å². The zero-order chi connectivity index (χ0) is 23.0. The van der Waals surface area contributed by atoms with Gasteiger partial charge in [-0.2, -0.15) is 0 Å². The van der Waals surface area contributed by atoms with Gasteiger partial charge >= 0.3 is 0 Å². The third kappa shape index (κ3) is 8.43. The Hall–Kier alpha value is -2.12. The summed E-state index contributed by atoms with van der Waals surface area (Å²) in [5.41, 5.74) is 16.1. The van der Waals surface area contributed by atoms with Crippen LogP contribution >= 0.6 is 0 Å². The molecule has 2 aromatic rings. The van der Waals surface area contributed by atoms with E-state index < -0.39 is 0 Å². The van der Waals surface area contributed by atoms with Gasteiger partial charge in [-0.15, -0.1) is 0 Å². The Morgan fingerprint density at radius 1 is 0.688 bits per heavy atom. The van der Waals surface area contributed by atoms with E-state index in [2.05, 4.69) is 24.3 Å². The van der Waals surface area contributed by atoms with Gasteiger partial charge in [0.1, 0.15) is 18.1 Å². The lowest BCUT2D eigenvalue weighted by molar-refractivity contribution is 0.146. The van der Waals surface area contributed by atoms with E-state index in [1.807, 2.05) is 12.1 Å². The maximum absolute atomic E-state index is 6.31. The number of hydrogen-bond donors (Lipinski definition) is 2. The SMILES string of the molecule is COCCCCOc1cc(CCCN)ccc1-c1c(CCCN)cccc1OCCOC. The van der Waals surface area contributed by atoms with Crippen LogP contribution in [-0.4, -0.2) is 53.7 Å². The lowest BCUT2D eigenvalue weighted by Crippen LogP contribution is -2.08. The van der Waals surface area contributed by atoms with Crippen LogP contribution in [0, 0.1) is 0 Å². The maximum atomic E-state index is 6.31. The summed E-state index contributed by atoms with van der Waals surface area (Å²) in [5, 5.41) is 0. The van der Waals surface area contributed by atoms with Crippen molar-refractivity contribution in [2.45, 2.75) is 38.5 Å². The summed E-state index contributed by atoms with van der Waals surface area (Å²) >= 11 is 0. The van der Waals surface area contributed by atoms with Gasteiger partial charge in [0.2, 0.25) is 0 Å². The number of benzene rings is 2. The van der Waals surface area contributed by atoms with Crippen LogP contribution in [0.1, 0.15) is 36.8 Å². The smallest absolute Gasteiger partial charge is 0.127 e. The quantitative estimate of drug-likeness (QED) is 0.359. The Morgan fingerprint density at radius 3 is 2.16 bits per heavy atom. The largest absolute Gasteiger partial charge is 0.493 e. The monoisotopic (exact) mass is 444 g/mol. The third-order valence-corrected chi connectivity index (χ3v) is 5.29. The summed E-state index contributed by atoms with van der Waals surface area (Å²) < 4.78 is 22.8. The van der Waals surface area contributed by atoms with E-state index in [9.17, 15) is 0 Å². The van der Waals surface area contributed by atoms with Crippen LogP contribution in [0.2, 0.25) is 0 Å². The van der Waals surface area contributed by atoms with Crippen molar-refractivity contribution in [1.29, 1.82) is 0 Å². The Kier molecular flexibility index (Phi) is 12.8. The first-order valence-electron chi connectivity index (χ1n) is 11.6. The first-order valence-corrected chi connectivity index (χ1v) is 11.6. The van der Waals surface area contributed by atoms with E-state index in [-0.39, 0.29) is 0 Å². The molecule has 0 fully saturated rings. The predicted octanol–water partition coefficient (Wildman–Crippen LogP) is 3.97. The molecule has 0 atom stereocenters. The molecule has 0 aliphatic rings. The molecule has 6 heteroatoms. The minimum absolute atomic E-state index is 0.492. The molecule has 0 spiro atoms. The second-order valence-corrected chi connectivity index (χ2v) is 7.79. The lowest BCUT2D eigenvalue weighted by atomic mass is 9.93. The molecular weight excluding hydrogens is 404 g/mol. The van der Waals surface area contributed by atoms with Crippen LogP contribution in [0.15, 0.2) is 36.4 Å². The van der Waals surface area contributed by atoms with Crippen molar-refractivity contribution in [2.24, 2.45) is 11.5 Å². The first-order chi connectivity index (χ1) is 15.7. The molecule has 0 amide bonds. The standard InChI is InChI=1S/C26H40N2O4/c1-29-16-3-4-17-31-25-20-21(8-6-14-27)12-13-23(25)26-22(10-7-15-28)9-5-11-24(26)32-19-18-30-2/h5,9,11-13,20H,3-4,6-8,10,14-19,27-28H2,1-2H3. The first kappa shape index (κ1) is 26.1. The third-order valence-electron chi connectivity index (χ3n) is 5.29. The molecule has 4 N–H and O–H groups in total. The lowest BCUT2D eigenvalue weighted by Gasteiger charge is -2.20. The van der Waals surface area contributed by atoms with Gasteiger partial charge in [0, 0.05) is 32.0 Å². The number of unbranched alkanes of at least 4 members (excludes halogenated alkanes) is 1. The second kappa shape index (κ2) is 15.6. The van der Waals surface area contributed by atoms with Crippen LogP contribution in [0.4, 0.5) is 0 Å². The van der Waals surface area contributed by atoms with Gasteiger partial charge in [0.15, 0.2) is 0 Å². The van der Waals surface area contributed by atoms with Gasteiger partial charge in [-0.3, -0.25) is 0 Å². The van der Waals surface area contributed by atoms with Crippen LogP contribution in [0.5, 0.6) is 11.5 Å². The van der Waals surface area contributed by atoms with E-state index in [0.29, 0.717) is 32.9 Å². The second-order valence-electron chi connectivity index (χ2n) is 7.79. The normalized spacial score (nSPS) is 11.0. The maximum Gasteiger partial charge on any atom is 0.127 e. The number of rotatable bonds is 17. The summed E-state index contributed by atoms with van der Waals surface area (Å²) in [6.45, 7) is 3.73. The number of ether oxygens (including phenoxy) is 4. The Morgan fingerprint density at radius 2 is 1.41 bits per heavy atom. The number of methoxy groups -OCH3 is 2. The number of aryl methyl sites for hydroxylation is 2. The average molecular weight is 445 g/mol. The molecule has 0 radical (unpaired) electrons. The Balaban J connectivity index is 2.41. The zero-order valence-electron chi connectivity index (χ0n) is 19.7. The zero-order valence-corrected chi connectivity index (χ0v) is 19.7. The highest BCUT2D eigenvalue weighted by atomic mass is 16.5. The molecule has 0 aromatic heterocycles. The van der Waals surface area contributed by atoms with Gasteiger partial charge in [0.25, 0.3) is 0 Å². The fourth-order valence-corrected chi connectivity index (χ4v) is 3.62. The molecule has 0 aliphatic heterocycles. The van der Waals surface area contributed by atoms with Crippen LogP contribution < -0.4 is 20.9 Å². The highest BCUT2D eigenvalue weighted by Gasteiger charge is 2.17. The molecule has 6 nitrogen and oxygen atoms in total. The fraction of sp³-hybridized carbons (Fsp3) is 0.538. The molecule has 2 rings (SSSR count). The van der Waals surface area contributed by atoms with Crippen molar-refractivity contribution >= 4 is 0 Å². The molecule has 2 aromatic carbocycles. The van der Waals surface area contributed by atoms with Crippen LogP contribution in [0.25, 0.3) is 11.1 Å². The molecule has 0 bridgehead atoms. The number of nitrogens with two attached hydrogens (primary N) is 2. The van der Waals surface area contributed by atoms with Crippen molar-refractivity contribution < 1.29 is 18.9 Å². The molecule has 0 saturated heterocycles. The van der Waals surface area contributed by atoms with Crippen molar-refractivity contribution in [3.05, 3.63) is 47.5 Å². The summed E-state index contributed by atoms with van der Waals surface area (Å²) in [6.07, 6.45) is 5.59. The van der Waals surface area contributed by atoms with Gasteiger partial charge < -0.3 is 30.4 Å². The summed E-state index contributed by atoms with van der Waals surface area (Å²) in [6, 6.07) is 12.7. The summed E-state index contributed by atoms with van der Waals surface area (Å²) in [7, 11) is 3.40. The summed E-state index contributed by atoms with van der Waals surface area (Å²) in [5.74, 6) is 1.73. The molecule has 32 heavy (non-hydrogen) atoms. The Labute approximate surface area is 193 Å². The van der Waals surface area contributed by atoms with Gasteiger partial charge in [-0.05, 0) is 74.9 Å². The van der Waals surface area contributed by atoms with E-state index in [1.165, 1.54) is 11.1 Å². The molecule has 0 aliphatic carbocycles. The van der Waals surface area contributed by atoms with E-state index in [1.54, 1.807) is 14.2 Å². The van der Waals surface area contributed by atoms with Crippen LogP contribution in [0.3, 0.4) is 0 Å². The van der Waals surface area contributed by atoms with Crippen molar-refractivity contribution in [3.8, 4) is 22.6 Å². The minimum Gasteiger partial charge on any atom is -0.493 e. The fourth-order valence-electron chi connectivity index (χ4n) is 3.62. The van der Waals surface area contributed by atoms with Gasteiger partial charge in [-0.1, -0.05) is 24.3 Å². The predicted molar refractivity (Wildman–Crippen MR) is 131 cm³/mol. The molecule has 0 saturated carbocycles.